The average Bonchev–Trinajstić information content (AvgIpc) is 2.24. The summed E-state index contributed by atoms with van der Waals surface area (Å²) in [7, 11) is 0. The van der Waals surface area contributed by atoms with Gasteiger partial charge in [0.15, 0.2) is 5.96 Å². The van der Waals surface area contributed by atoms with Crippen molar-refractivity contribution in [2.75, 3.05) is 13.1 Å². The molecule has 88 valence electrons. The summed E-state index contributed by atoms with van der Waals surface area (Å²) in [6, 6.07) is 6.25. The van der Waals surface area contributed by atoms with Gasteiger partial charge >= 0.3 is 0 Å². The number of halogens is 1. The molecule has 5 heteroatoms. The Morgan fingerprint density at radius 2 is 2.29 bits per heavy atom. The topological polar surface area (TPSA) is 65.4 Å². The van der Waals surface area contributed by atoms with Crippen LogP contribution in [0.15, 0.2) is 23.2 Å². The van der Waals surface area contributed by atoms with Gasteiger partial charge in [0, 0.05) is 13.1 Å². The molecule has 1 saturated heterocycles. The number of nitrogens with two attached hydrogens (primary N) is 1. The van der Waals surface area contributed by atoms with Crippen LogP contribution in [0.25, 0.3) is 0 Å². The zero-order valence-electron chi connectivity index (χ0n) is 9.36. The SMILES string of the molecule is N#Cc1ccc(CN=C(N)N2CCC2)cc1F. The first-order valence-corrected chi connectivity index (χ1v) is 5.44. The first kappa shape index (κ1) is 11.4. The van der Waals surface area contributed by atoms with Crippen molar-refractivity contribution in [2.45, 2.75) is 13.0 Å². The van der Waals surface area contributed by atoms with Crippen molar-refractivity contribution in [3.8, 4) is 6.07 Å². The van der Waals surface area contributed by atoms with Crippen molar-refractivity contribution in [3.05, 3.63) is 35.1 Å². The van der Waals surface area contributed by atoms with Gasteiger partial charge in [0.2, 0.25) is 0 Å². The number of guanidine groups is 1. The number of rotatable bonds is 2. The highest BCUT2D eigenvalue weighted by atomic mass is 19.1. The van der Waals surface area contributed by atoms with Gasteiger partial charge in [-0.1, -0.05) is 6.07 Å². The van der Waals surface area contributed by atoms with Crippen LogP contribution in [-0.2, 0) is 6.54 Å². The van der Waals surface area contributed by atoms with E-state index >= 15 is 0 Å². The number of nitrogens with zero attached hydrogens (tertiary/aromatic N) is 3. The number of aliphatic imine (C=N–C) groups is 1. The van der Waals surface area contributed by atoms with Crippen LogP contribution < -0.4 is 5.73 Å². The van der Waals surface area contributed by atoms with E-state index in [2.05, 4.69) is 4.99 Å². The molecular weight excluding hydrogens is 219 g/mol. The van der Waals surface area contributed by atoms with Crippen LogP contribution in [0.3, 0.4) is 0 Å². The van der Waals surface area contributed by atoms with Crippen molar-refractivity contribution >= 4 is 5.96 Å². The maximum absolute atomic E-state index is 13.3. The van der Waals surface area contributed by atoms with Gasteiger partial charge in [-0.05, 0) is 24.1 Å². The predicted molar refractivity (Wildman–Crippen MR) is 62.6 cm³/mol. The Bertz CT molecular complexity index is 486. The Balaban J connectivity index is 2.04. The van der Waals surface area contributed by atoms with Gasteiger partial charge in [-0.3, -0.25) is 0 Å². The van der Waals surface area contributed by atoms with E-state index in [1.54, 1.807) is 12.1 Å². The molecular formula is C12H13FN4. The summed E-state index contributed by atoms with van der Waals surface area (Å²) in [6.07, 6.45) is 1.14. The quantitative estimate of drug-likeness (QED) is 0.616. The second-order valence-electron chi connectivity index (χ2n) is 3.94. The number of benzene rings is 1. The van der Waals surface area contributed by atoms with Crippen LogP contribution in [0.4, 0.5) is 4.39 Å². The molecule has 2 rings (SSSR count). The molecule has 1 aliphatic rings. The van der Waals surface area contributed by atoms with Crippen LogP contribution in [0.5, 0.6) is 0 Å². The number of hydrogen-bond acceptors (Lipinski definition) is 2. The highest BCUT2D eigenvalue weighted by Gasteiger charge is 2.15. The Morgan fingerprint density at radius 1 is 1.53 bits per heavy atom. The lowest BCUT2D eigenvalue weighted by Crippen LogP contribution is -2.46. The molecule has 17 heavy (non-hydrogen) atoms. The van der Waals surface area contributed by atoms with Crippen LogP contribution in [0.2, 0.25) is 0 Å². The molecule has 0 unspecified atom stereocenters. The molecule has 0 aromatic heterocycles. The molecule has 0 amide bonds. The maximum Gasteiger partial charge on any atom is 0.191 e. The highest BCUT2D eigenvalue weighted by molar-refractivity contribution is 5.78. The van der Waals surface area contributed by atoms with E-state index in [1.807, 2.05) is 4.90 Å². The van der Waals surface area contributed by atoms with Crippen LogP contribution in [0, 0.1) is 17.1 Å². The number of likely N-dealkylation sites (tertiary alicyclic amines) is 1. The minimum atomic E-state index is -0.511. The summed E-state index contributed by atoms with van der Waals surface area (Å²) in [5, 5.41) is 8.60. The second-order valence-corrected chi connectivity index (χ2v) is 3.94. The molecule has 0 bridgehead atoms. The Hall–Kier alpha value is -2.09. The first-order valence-electron chi connectivity index (χ1n) is 5.44. The van der Waals surface area contributed by atoms with Crippen molar-refractivity contribution in [3.63, 3.8) is 0 Å². The highest BCUT2D eigenvalue weighted by Crippen LogP contribution is 2.11. The van der Waals surface area contributed by atoms with Crippen molar-refractivity contribution in [1.29, 1.82) is 5.26 Å². The molecule has 0 saturated carbocycles. The van der Waals surface area contributed by atoms with Gasteiger partial charge < -0.3 is 10.6 Å². The van der Waals surface area contributed by atoms with E-state index < -0.39 is 5.82 Å². The van der Waals surface area contributed by atoms with Crippen LogP contribution in [-0.4, -0.2) is 23.9 Å². The zero-order valence-corrected chi connectivity index (χ0v) is 9.36. The molecule has 0 spiro atoms. The lowest BCUT2D eigenvalue weighted by atomic mass is 10.1. The van der Waals surface area contributed by atoms with Crippen molar-refractivity contribution in [1.82, 2.24) is 4.90 Å². The largest absolute Gasteiger partial charge is 0.370 e. The van der Waals surface area contributed by atoms with Crippen molar-refractivity contribution < 1.29 is 4.39 Å². The molecule has 1 aromatic rings. The second kappa shape index (κ2) is 4.83. The number of hydrogen-bond donors (Lipinski definition) is 1. The standard InChI is InChI=1S/C12H13FN4/c13-11-6-9(2-3-10(11)7-14)8-16-12(15)17-4-1-5-17/h2-3,6H,1,4-5,8H2,(H2,15,16). The van der Waals surface area contributed by atoms with E-state index in [9.17, 15) is 4.39 Å². The zero-order chi connectivity index (χ0) is 12.3. The monoisotopic (exact) mass is 232 g/mol. The lowest BCUT2D eigenvalue weighted by Gasteiger charge is -2.31. The summed E-state index contributed by atoms with van der Waals surface area (Å²) in [5.74, 6) is -0.0104. The minimum Gasteiger partial charge on any atom is -0.370 e. The third-order valence-corrected chi connectivity index (χ3v) is 2.76. The fourth-order valence-electron chi connectivity index (χ4n) is 1.57. The van der Waals surface area contributed by atoms with Crippen LogP contribution >= 0.6 is 0 Å². The molecule has 1 heterocycles. The summed E-state index contributed by atoms with van der Waals surface area (Å²) >= 11 is 0. The first-order chi connectivity index (χ1) is 8.20. The summed E-state index contributed by atoms with van der Waals surface area (Å²) in [5.41, 5.74) is 6.51. The summed E-state index contributed by atoms with van der Waals surface area (Å²) in [6.45, 7) is 2.22. The maximum atomic E-state index is 13.3. The number of nitriles is 1. The van der Waals surface area contributed by atoms with Crippen LogP contribution in [0.1, 0.15) is 17.5 Å². The van der Waals surface area contributed by atoms with Gasteiger partial charge in [0.25, 0.3) is 0 Å². The van der Waals surface area contributed by atoms with Gasteiger partial charge in [0.05, 0.1) is 12.1 Å². The third-order valence-electron chi connectivity index (χ3n) is 2.76. The molecule has 0 atom stereocenters. The fourth-order valence-corrected chi connectivity index (χ4v) is 1.57. The predicted octanol–water partition coefficient (Wildman–Crippen LogP) is 1.22. The van der Waals surface area contributed by atoms with Crippen molar-refractivity contribution in [2.24, 2.45) is 10.7 Å². The summed E-state index contributed by atoms with van der Waals surface area (Å²) in [4.78, 5) is 6.16. The van der Waals surface area contributed by atoms with Gasteiger partial charge in [-0.25, -0.2) is 9.38 Å². The minimum absolute atomic E-state index is 0.0495. The van der Waals surface area contributed by atoms with E-state index in [0.29, 0.717) is 18.1 Å². The summed E-state index contributed by atoms with van der Waals surface area (Å²) < 4.78 is 13.3. The van der Waals surface area contributed by atoms with E-state index in [4.69, 9.17) is 11.0 Å². The molecule has 1 aromatic carbocycles. The third kappa shape index (κ3) is 2.53. The Labute approximate surface area is 99.2 Å². The van der Waals surface area contributed by atoms with Gasteiger partial charge in [0.1, 0.15) is 11.9 Å². The average molecular weight is 232 g/mol. The molecule has 0 aliphatic carbocycles. The van der Waals surface area contributed by atoms with E-state index in [0.717, 1.165) is 19.5 Å². The fraction of sp³-hybridized carbons (Fsp3) is 0.333. The van der Waals surface area contributed by atoms with E-state index in [1.165, 1.54) is 12.1 Å². The van der Waals surface area contributed by atoms with E-state index in [-0.39, 0.29) is 5.56 Å². The van der Waals surface area contributed by atoms with Gasteiger partial charge in [-0.15, -0.1) is 0 Å². The Morgan fingerprint density at radius 3 is 2.82 bits per heavy atom. The smallest absolute Gasteiger partial charge is 0.191 e. The molecule has 2 N–H and O–H groups in total. The Kier molecular flexibility index (Phi) is 3.24. The lowest BCUT2D eigenvalue weighted by molar-refractivity contribution is 0.295. The molecule has 0 radical (unpaired) electrons. The normalized spacial score (nSPS) is 15.3. The molecule has 1 aliphatic heterocycles. The molecule has 4 nitrogen and oxygen atoms in total. The molecule has 1 fully saturated rings. The van der Waals surface area contributed by atoms with Gasteiger partial charge in [-0.2, -0.15) is 5.26 Å².